The van der Waals surface area contributed by atoms with Crippen molar-refractivity contribution in [2.24, 2.45) is 9.68 Å². The molecule has 1 aliphatic carbocycles. The van der Waals surface area contributed by atoms with Gasteiger partial charge in [-0.25, -0.2) is 0 Å². The van der Waals surface area contributed by atoms with Crippen LogP contribution in [0.3, 0.4) is 0 Å². The predicted octanol–water partition coefficient (Wildman–Crippen LogP) is 10.2. The van der Waals surface area contributed by atoms with E-state index in [4.69, 9.17) is 9.68 Å². The zero-order chi connectivity index (χ0) is 29.7. The van der Waals surface area contributed by atoms with Crippen LogP contribution in [0.5, 0.6) is 0 Å². The summed E-state index contributed by atoms with van der Waals surface area (Å²) in [5.41, 5.74) is 13.1. The molecule has 0 atom stereocenters. The first-order valence-corrected chi connectivity index (χ1v) is 17.7. The van der Waals surface area contributed by atoms with Gasteiger partial charge in [0, 0.05) is 0 Å². The van der Waals surface area contributed by atoms with Crippen molar-refractivity contribution in [2.45, 2.75) is 105 Å². The molecule has 0 amide bonds. The van der Waals surface area contributed by atoms with Crippen molar-refractivity contribution in [1.82, 2.24) is 0 Å². The fourth-order valence-electron chi connectivity index (χ4n) is 6.09. The van der Waals surface area contributed by atoms with Crippen LogP contribution < -0.4 is 8.55 Å². The van der Waals surface area contributed by atoms with Gasteiger partial charge in [-0.05, 0) is 0 Å². The molecule has 1 fully saturated rings. The Morgan fingerprint density at radius 3 is 1.63 bits per heavy atom. The summed E-state index contributed by atoms with van der Waals surface area (Å²) in [6.45, 7) is 18.4. The number of nitrogens with two attached hydrogens (primary N) is 1. The third-order valence-corrected chi connectivity index (χ3v) is 9.76. The average molecular weight is 608 g/mol. The predicted molar refractivity (Wildman–Crippen MR) is 181 cm³/mol. The molecule has 3 nitrogen and oxygen atoms in total. The normalized spacial score (nSPS) is 16.4. The molecule has 216 valence electrons. The van der Waals surface area contributed by atoms with Crippen LogP contribution in [0.2, 0.25) is 0 Å². The number of hydrogen-bond donors (Lipinski definition) is 1. The summed E-state index contributed by atoms with van der Waals surface area (Å²) in [7, 11) is 0. The Morgan fingerprint density at radius 2 is 1.15 bits per heavy atom. The first-order valence-electron chi connectivity index (χ1n) is 15.5. The maximum absolute atomic E-state index is 6.89. The number of nitrogens with zero attached hydrogens (tertiary/aromatic N) is 2. The number of para-hydroxylation sites is 2. The Balaban J connectivity index is 2.07. The molecule has 0 aromatic heterocycles. The fraction of sp³-hybridized carbons (Fsp3) is 0.432. The Labute approximate surface area is 256 Å². The Kier molecular flexibility index (Phi) is 10.7. The fourth-order valence-corrected chi connectivity index (χ4v) is 7.73. The molecule has 4 heteroatoms. The van der Waals surface area contributed by atoms with Crippen molar-refractivity contribution >= 4 is 38.7 Å². The van der Waals surface area contributed by atoms with Crippen molar-refractivity contribution in [2.75, 3.05) is 3.86 Å². The van der Waals surface area contributed by atoms with Gasteiger partial charge in [0.1, 0.15) is 0 Å². The first-order chi connectivity index (χ1) is 19.6. The Bertz CT molecular complexity index is 1330. The van der Waals surface area contributed by atoms with Crippen molar-refractivity contribution in [1.29, 1.82) is 0 Å². The molecule has 3 aromatic rings. The summed E-state index contributed by atoms with van der Waals surface area (Å²) in [6, 6.07) is 24.5. The average Bonchev–Trinajstić information content (AvgIpc) is 2.96. The van der Waals surface area contributed by atoms with Gasteiger partial charge in [-0.15, -0.1) is 0 Å². The zero-order valence-corrected chi connectivity index (χ0v) is 28.6. The van der Waals surface area contributed by atoms with Gasteiger partial charge >= 0.3 is 257 Å². The van der Waals surface area contributed by atoms with Crippen molar-refractivity contribution in [3.63, 3.8) is 0 Å². The molecule has 0 aliphatic heterocycles. The summed E-state index contributed by atoms with van der Waals surface area (Å²) in [4.78, 5) is 5.62. The molecule has 2 N–H and O–H groups in total. The van der Waals surface area contributed by atoms with Gasteiger partial charge in [0.05, 0.1) is 0 Å². The van der Waals surface area contributed by atoms with E-state index in [1.165, 1.54) is 69.0 Å². The molecular weight excluding hydrogens is 559 g/mol. The van der Waals surface area contributed by atoms with Gasteiger partial charge in [-0.1, -0.05) is 0 Å². The van der Waals surface area contributed by atoms with Crippen LogP contribution in [-0.2, 0) is 0 Å². The molecule has 0 bridgehead atoms. The maximum atomic E-state index is 6.89. The van der Waals surface area contributed by atoms with E-state index in [0.717, 1.165) is 12.8 Å². The SMILES string of the molecule is CC(C)c1cccc(C(C)C)c1N=C1CCCC/C1=C(\c1ccccc1)[N]([Ge][NH2])c1c(C(C)C)cccc1C(C)C. The molecule has 0 saturated heterocycles. The molecule has 4 rings (SSSR count). The van der Waals surface area contributed by atoms with Gasteiger partial charge in [0.25, 0.3) is 0 Å². The number of hydrogen-bond acceptors (Lipinski definition) is 3. The molecule has 2 radical (unpaired) electrons. The van der Waals surface area contributed by atoms with Crippen LogP contribution in [0.1, 0.15) is 133 Å². The van der Waals surface area contributed by atoms with Gasteiger partial charge in [0.2, 0.25) is 0 Å². The van der Waals surface area contributed by atoms with E-state index in [1.807, 2.05) is 0 Å². The summed E-state index contributed by atoms with van der Waals surface area (Å²) in [5.74, 6) is 1.63. The van der Waals surface area contributed by atoms with Crippen molar-refractivity contribution in [3.8, 4) is 0 Å². The summed E-state index contributed by atoms with van der Waals surface area (Å²) >= 11 is -0.974. The van der Waals surface area contributed by atoms with Crippen LogP contribution in [0.25, 0.3) is 5.70 Å². The topological polar surface area (TPSA) is 41.6 Å². The van der Waals surface area contributed by atoms with Crippen LogP contribution in [0.4, 0.5) is 11.4 Å². The van der Waals surface area contributed by atoms with Crippen LogP contribution in [0.15, 0.2) is 77.3 Å². The molecule has 0 spiro atoms. The second-order valence-electron chi connectivity index (χ2n) is 12.6. The van der Waals surface area contributed by atoms with E-state index in [-0.39, 0.29) is 0 Å². The number of anilines is 1. The number of rotatable bonds is 9. The summed E-state index contributed by atoms with van der Waals surface area (Å²) in [6.07, 6.45) is 4.36. The van der Waals surface area contributed by atoms with Crippen molar-refractivity contribution < 1.29 is 0 Å². The second kappa shape index (κ2) is 14.0. The van der Waals surface area contributed by atoms with E-state index in [2.05, 4.69) is 126 Å². The van der Waals surface area contributed by atoms with Gasteiger partial charge < -0.3 is 0 Å². The van der Waals surface area contributed by atoms with Gasteiger partial charge in [0.15, 0.2) is 0 Å². The third-order valence-electron chi connectivity index (χ3n) is 8.28. The number of benzene rings is 3. The van der Waals surface area contributed by atoms with E-state index in [0.29, 0.717) is 23.7 Å². The number of allylic oxidation sites excluding steroid dienone is 1. The molecule has 1 saturated carbocycles. The second-order valence-corrected chi connectivity index (χ2v) is 14.1. The van der Waals surface area contributed by atoms with E-state index >= 15 is 0 Å². The van der Waals surface area contributed by atoms with Gasteiger partial charge in [-0.3, -0.25) is 0 Å². The first kappa shape index (κ1) is 31.3. The van der Waals surface area contributed by atoms with E-state index in [9.17, 15) is 0 Å². The summed E-state index contributed by atoms with van der Waals surface area (Å²) in [5, 5.41) is 0. The Hall–Kier alpha value is -2.63. The molecular formula is C37H49GeN3. The van der Waals surface area contributed by atoms with Crippen LogP contribution in [0, 0.1) is 0 Å². The quantitative estimate of drug-likeness (QED) is 0.246. The van der Waals surface area contributed by atoms with Crippen LogP contribution >= 0.6 is 0 Å². The minimum atomic E-state index is -0.974. The molecule has 0 unspecified atom stereocenters. The van der Waals surface area contributed by atoms with Crippen LogP contribution in [-0.4, -0.2) is 21.6 Å². The number of aliphatic imine (C=N–C) groups is 1. The van der Waals surface area contributed by atoms with Gasteiger partial charge in [-0.2, -0.15) is 0 Å². The summed E-state index contributed by atoms with van der Waals surface area (Å²) < 4.78 is 9.43. The van der Waals surface area contributed by atoms with E-state index in [1.54, 1.807) is 0 Å². The molecule has 41 heavy (non-hydrogen) atoms. The van der Waals surface area contributed by atoms with E-state index < -0.39 is 15.9 Å². The molecule has 1 aliphatic rings. The standard InChI is InChI=1S/C37H49GeN3/c1-24(2)29-19-14-20-30(25(3)4)35(29)40-34-23-13-12-18-33(34)36(28-16-10-9-11-17-28)41(38-39)37-31(26(5)6)21-15-22-32(37)27(7)8/h9-11,14-17,19-22,24-27H,12-13,18,23,39H2,1-8H3/b36-33-,40-34?. The zero-order valence-electron chi connectivity index (χ0n) is 26.5. The Morgan fingerprint density at radius 1 is 0.659 bits per heavy atom. The molecule has 3 aromatic carbocycles. The monoisotopic (exact) mass is 609 g/mol. The van der Waals surface area contributed by atoms with Crippen molar-refractivity contribution in [3.05, 3.63) is 100 Å². The minimum absolute atomic E-state index is 0.400. The third kappa shape index (κ3) is 6.89. The molecule has 0 heterocycles.